The average molecular weight is 441 g/mol. The fourth-order valence-corrected chi connectivity index (χ4v) is 4.27. The number of benzene rings is 1. The lowest BCUT2D eigenvalue weighted by molar-refractivity contribution is -0.119. The van der Waals surface area contributed by atoms with Gasteiger partial charge in [-0.25, -0.2) is 0 Å². The minimum Gasteiger partial charge on any atom is -0.464 e. The second-order valence-electron chi connectivity index (χ2n) is 7.86. The maximum absolute atomic E-state index is 13.2. The van der Waals surface area contributed by atoms with E-state index in [1.165, 1.54) is 6.26 Å². The molecule has 1 aromatic carbocycles. The summed E-state index contributed by atoms with van der Waals surface area (Å²) in [6.45, 7) is 3.93. The summed E-state index contributed by atoms with van der Waals surface area (Å²) in [5.41, 5.74) is 6.40. The van der Waals surface area contributed by atoms with E-state index in [2.05, 4.69) is 15.9 Å². The van der Waals surface area contributed by atoms with E-state index in [1.54, 1.807) is 18.2 Å². The standard InChI is InChI=1S/C21H17BrN2O4/c1-21(2)6-14(25)18-16(7-21)28-20(24)12(8-23)17(18)13-9-27-15-4-3-10(22)5-11(15)19(13)26/h3-5,9,17H,6-7,24H2,1-2H3. The molecular formula is C21H17BrN2O4. The Kier molecular flexibility index (Phi) is 4.20. The fraction of sp³-hybridized carbons (Fsp3) is 0.286. The number of carbonyl (C=O) groups is 1. The number of nitriles is 1. The summed E-state index contributed by atoms with van der Waals surface area (Å²) in [5, 5.41) is 10.0. The predicted molar refractivity (Wildman–Crippen MR) is 106 cm³/mol. The first kappa shape index (κ1) is 18.5. The number of ketones is 1. The van der Waals surface area contributed by atoms with Crippen LogP contribution in [0.4, 0.5) is 0 Å². The molecule has 2 aliphatic rings. The lowest BCUT2D eigenvalue weighted by Crippen LogP contribution is -2.34. The molecule has 6 nitrogen and oxygen atoms in total. The molecule has 7 heteroatoms. The van der Waals surface area contributed by atoms with Crippen LogP contribution in [0.1, 0.15) is 38.2 Å². The molecule has 2 heterocycles. The van der Waals surface area contributed by atoms with Crippen LogP contribution in [0.2, 0.25) is 0 Å². The second kappa shape index (κ2) is 6.35. The van der Waals surface area contributed by atoms with Crippen molar-refractivity contribution >= 4 is 32.7 Å². The van der Waals surface area contributed by atoms with Crippen LogP contribution in [0.15, 0.2) is 60.9 Å². The van der Waals surface area contributed by atoms with Crippen molar-refractivity contribution in [3.05, 3.63) is 67.5 Å². The lowest BCUT2D eigenvalue weighted by atomic mass is 9.70. The van der Waals surface area contributed by atoms with E-state index in [0.717, 1.165) is 4.47 Å². The van der Waals surface area contributed by atoms with Gasteiger partial charge in [-0.1, -0.05) is 29.8 Å². The van der Waals surface area contributed by atoms with Gasteiger partial charge in [-0.15, -0.1) is 0 Å². The van der Waals surface area contributed by atoms with Crippen LogP contribution in [0, 0.1) is 16.7 Å². The third-order valence-electron chi connectivity index (χ3n) is 5.15. The van der Waals surface area contributed by atoms with E-state index in [1.807, 2.05) is 19.9 Å². The first-order valence-corrected chi connectivity index (χ1v) is 9.56. The number of carbonyl (C=O) groups excluding carboxylic acids is 1. The summed E-state index contributed by atoms with van der Waals surface area (Å²) in [6.07, 6.45) is 2.11. The Morgan fingerprint density at radius 1 is 1.29 bits per heavy atom. The highest BCUT2D eigenvalue weighted by atomic mass is 79.9. The molecule has 0 radical (unpaired) electrons. The molecule has 1 atom stereocenters. The van der Waals surface area contributed by atoms with Crippen LogP contribution in [0.25, 0.3) is 11.0 Å². The molecule has 2 aromatic rings. The van der Waals surface area contributed by atoms with Gasteiger partial charge in [-0.2, -0.15) is 5.26 Å². The van der Waals surface area contributed by atoms with Gasteiger partial charge in [-0.3, -0.25) is 9.59 Å². The number of hydrogen-bond acceptors (Lipinski definition) is 6. The largest absolute Gasteiger partial charge is 0.464 e. The molecule has 1 unspecified atom stereocenters. The van der Waals surface area contributed by atoms with Crippen molar-refractivity contribution in [3.8, 4) is 6.07 Å². The third kappa shape index (κ3) is 2.85. The van der Waals surface area contributed by atoms with E-state index in [9.17, 15) is 14.9 Å². The Morgan fingerprint density at radius 3 is 2.75 bits per heavy atom. The third-order valence-corrected chi connectivity index (χ3v) is 5.64. The van der Waals surface area contributed by atoms with Gasteiger partial charge in [0.1, 0.15) is 23.0 Å². The fourth-order valence-electron chi connectivity index (χ4n) is 3.91. The molecular weight excluding hydrogens is 424 g/mol. The number of nitrogens with two attached hydrogens (primary N) is 1. The molecule has 0 spiro atoms. The Morgan fingerprint density at radius 2 is 2.04 bits per heavy atom. The van der Waals surface area contributed by atoms with Crippen molar-refractivity contribution in [2.45, 2.75) is 32.6 Å². The Hall–Kier alpha value is -2.85. The minimum absolute atomic E-state index is 0.0495. The zero-order valence-corrected chi connectivity index (χ0v) is 16.9. The number of ether oxygens (including phenoxy) is 1. The Bertz CT molecular complexity index is 1200. The lowest BCUT2D eigenvalue weighted by Gasteiger charge is -2.36. The van der Waals surface area contributed by atoms with Crippen LogP contribution in [-0.4, -0.2) is 5.78 Å². The topological polar surface area (TPSA) is 106 Å². The maximum Gasteiger partial charge on any atom is 0.205 e. The molecule has 0 fully saturated rings. The number of rotatable bonds is 1. The first-order chi connectivity index (χ1) is 13.2. The number of Topliss-reactive ketones (excluding diaryl/α,β-unsaturated/α-hetero) is 1. The SMILES string of the molecule is CC1(C)CC(=O)C2=C(C1)OC(N)=C(C#N)C2c1coc2ccc(Br)cc2c1=O. The summed E-state index contributed by atoms with van der Waals surface area (Å²) in [4.78, 5) is 26.2. The van der Waals surface area contributed by atoms with Crippen LogP contribution in [0.3, 0.4) is 0 Å². The highest BCUT2D eigenvalue weighted by Crippen LogP contribution is 2.47. The van der Waals surface area contributed by atoms with Crippen LogP contribution >= 0.6 is 15.9 Å². The molecule has 0 bridgehead atoms. The quantitative estimate of drug-likeness (QED) is 0.717. The van der Waals surface area contributed by atoms with Gasteiger partial charge in [0.25, 0.3) is 0 Å². The van der Waals surface area contributed by atoms with Gasteiger partial charge in [-0.05, 0) is 23.6 Å². The monoisotopic (exact) mass is 440 g/mol. The van der Waals surface area contributed by atoms with Crippen molar-refractivity contribution in [2.24, 2.45) is 11.1 Å². The van der Waals surface area contributed by atoms with Gasteiger partial charge in [0.15, 0.2) is 11.2 Å². The smallest absolute Gasteiger partial charge is 0.205 e. The van der Waals surface area contributed by atoms with E-state index >= 15 is 0 Å². The Labute approximate surface area is 169 Å². The average Bonchev–Trinajstić information content (AvgIpc) is 2.60. The van der Waals surface area contributed by atoms with E-state index < -0.39 is 5.92 Å². The van der Waals surface area contributed by atoms with Gasteiger partial charge in [0.05, 0.1) is 17.6 Å². The first-order valence-electron chi connectivity index (χ1n) is 8.76. The summed E-state index contributed by atoms with van der Waals surface area (Å²) < 4.78 is 12.0. The number of allylic oxidation sites excluding steroid dienone is 3. The number of fused-ring (bicyclic) bond motifs is 1. The molecule has 1 aromatic heterocycles. The zero-order chi connectivity index (χ0) is 20.2. The molecule has 0 saturated heterocycles. The van der Waals surface area contributed by atoms with Gasteiger partial charge in [0, 0.05) is 28.5 Å². The second-order valence-corrected chi connectivity index (χ2v) is 8.78. The number of nitrogens with zero attached hydrogens (tertiary/aromatic N) is 1. The summed E-state index contributed by atoms with van der Waals surface area (Å²) >= 11 is 3.35. The summed E-state index contributed by atoms with van der Waals surface area (Å²) in [7, 11) is 0. The zero-order valence-electron chi connectivity index (χ0n) is 15.3. The van der Waals surface area contributed by atoms with Gasteiger partial charge in [0.2, 0.25) is 5.88 Å². The maximum atomic E-state index is 13.2. The molecule has 4 rings (SSSR count). The van der Waals surface area contributed by atoms with Gasteiger partial charge >= 0.3 is 0 Å². The Balaban J connectivity index is 1.99. The van der Waals surface area contributed by atoms with Crippen molar-refractivity contribution < 1.29 is 13.9 Å². The predicted octanol–water partition coefficient (Wildman–Crippen LogP) is 4.01. The van der Waals surface area contributed by atoms with Crippen molar-refractivity contribution in [3.63, 3.8) is 0 Å². The highest BCUT2D eigenvalue weighted by Gasteiger charge is 2.44. The van der Waals surface area contributed by atoms with Crippen molar-refractivity contribution in [1.82, 2.24) is 0 Å². The molecule has 142 valence electrons. The molecule has 2 N–H and O–H groups in total. The molecule has 1 aliphatic carbocycles. The van der Waals surface area contributed by atoms with E-state index in [-0.39, 0.29) is 33.6 Å². The molecule has 0 amide bonds. The van der Waals surface area contributed by atoms with E-state index in [4.69, 9.17) is 14.9 Å². The van der Waals surface area contributed by atoms with Crippen LogP contribution in [0.5, 0.6) is 0 Å². The van der Waals surface area contributed by atoms with Crippen molar-refractivity contribution in [1.29, 1.82) is 5.26 Å². The highest BCUT2D eigenvalue weighted by molar-refractivity contribution is 9.10. The molecule has 1 aliphatic heterocycles. The van der Waals surface area contributed by atoms with Crippen molar-refractivity contribution in [2.75, 3.05) is 0 Å². The van der Waals surface area contributed by atoms with Crippen LogP contribution < -0.4 is 11.2 Å². The summed E-state index contributed by atoms with van der Waals surface area (Å²) in [6, 6.07) is 7.13. The van der Waals surface area contributed by atoms with E-state index in [0.29, 0.717) is 35.1 Å². The minimum atomic E-state index is -0.892. The van der Waals surface area contributed by atoms with Crippen LogP contribution in [-0.2, 0) is 9.53 Å². The normalized spacial score (nSPS) is 21.4. The molecule has 28 heavy (non-hydrogen) atoms. The summed E-state index contributed by atoms with van der Waals surface area (Å²) in [5.74, 6) is -0.691. The van der Waals surface area contributed by atoms with Gasteiger partial charge < -0.3 is 14.9 Å². The molecule has 0 saturated carbocycles. The number of halogens is 1. The number of hydrogen-bond donors (Lipinski definition) is 1.